The van der Waals surface area contributed by atoms with Gasteiger partial charge in [0.05, 0.1) is 17.9 Å². The van der Waals surface area contributed by atoms with E-state index in [2.05, 4.69) is 15.5 Å². The molecule has 2 aromatic heterocycles. The number of carbonyl (C=O) groups excluding carboxylic acids is 3. The number of Topliss-reactive ketones (excluding diaryl/α,β-unsaturated/α-hetero) is 1. The largest absolute Gasteiger partial charge is 0.444 e. The first-order chi connectivity index (χ1) is 18.1. The number of aromatic nitrogens is 3. The van der Waals surface area contributed by atoms with Crippen LogP contribution in [0.1, 0.15) is 84.4 Å². The predicted octanol–water partition coefficient (Wildman–Crippen LogP) is 4.16. The zero-order valence-electron chi connectivity index (χ0n) is 24.0. The number of anilines is 1. The van der Waals surface area contributed by atoms with Gasteiger partial charge in [0.2, 0.25) is 0 Å². The van der Waals surface area contributed by atoms with E-state index in [0.29, 0.717) is 36.5 Å². The standard InChI is InChI=1S/C27H39N7O5/c1-16(35)21-10-9-17(15-33(21)25(37)39-27(5,6)7)20-11-22(31-24(36)38-26(2,3)4)34-23(30-20)19(13-29-34)18-12-28-32(8)14-18/h11-13,17-18,21H,9-10,14-15H2,1-8H3,(H,31,36)/t17-,18?,21-/m0/s1. The lowest BCUT2D eigenvalue weighted by Crippen LogP contribution is -2.51. The second-order valence-corrected chi connectivity index (χ2v) is 12.3. The summed E-state index contributed by atoms with van der Waals surface area (Å²) in [6, 6.07) is 1.20. The number of nitrogens with zero attached hydrogens (tertiary/aromatic N) is 6. The number of carbonyl (C=O) groups is 3. The molecule has 1 N–H and O–H groups in total. The number of piperidine rings is 1. The molecule has 0 bridgehead atoms. The molecule has 4 rings (SSSR count). The van der Waals surface area contributed by atoms with Crippen LogP contribution in [0.2, 0.25) is 0 Å². The van der Waals surface area contributed by atoms with E-state index < -0.39 is 29.4 Å². The summed E-state index contributed by atoms with van der Waals surface area (Å²) in [5, 5.41) is 13.5. The Morgan fingerprint density at radius 3 is 2.31 bits per heavy atom. The van der Waals surface area contributed by atoms with Gasteiger partial charge in [-0.2, -0.15) is 14.7 Å². The first kappa shape index (κ1) is 28.3. The predicted molar refractivity (Wildman–Crippen MR) is 146 cm³/mol. The third-order valence-corrected chi connectivity index (χ3v) is 6.55. The Morgan fingerprint density at radius 1 is 1.03 bits per heavy atom. The van der Waals surface area contributed by atoms with Crippen LogP contribution in [-0.4, -0.2) is 86.1 Å². The molecular weight excluding hydrogens is 502 g/mol. The topological polar surface area (TPSA) is 131 Å². The van der Waals surface area contributed by atoms with Gasteiger partial charge in [0.1, 0.15) is 17.0 Å². The van der Waals surface area contributed by atoms with Gasteiger partial charge in [0.15, 0.2) is 11.4 Å². The fourth-order valence-corrected chi connectivity index (χ4v) is 4.88. The Bertz CT molecular complexity index is 1290. The first-order valence-corrected chi connectivity index (χ1v) is 13.2. The van der Waals surface area contributed by atoms with Crippen molar-refractivity contribution in [1.82, 2.24) is 24.5 Å². The number of ether oxygens (including phenoxy) is 2. The maximum Gasteiger partial charge on any atom is 0.413 e. The summed E-state index contributed by atoms with van der Waals surface area (Å²) >= 11 is 0. The molecule has 212 valence electrons. The minimum Gasteiger partial charge on any atom is -0.444 e. The van der Waals surface area contributed by atoms with Gasteiger partial charge in [0.25, 0.3) is 0 Å². The molecule has 1 saturated heterocycles. The van der Waals surface area contributed by atoms with Crippen LogP contribution < -0.4 is 5.32 Å². The van der Waals surface area contributed by atoms with E-state index in [1.807, 2.05) is 18.3 Å². The summed E-state index contributed by atoms with van der Waals surface area (Å²) in [6.07, 6.45) is 3.56. The van der Waals surface area contributed by atoms with Gasteiger partial charge in [-0.3, -0.25) is 20.0 Å². The van der Waals surface area contributed by atoms with E-state index in [4.69, 9.17) is 14.5 Å². The number of likely N-dealkylation sites (N-methyl/N-ethyl adjacent to an activating group) is 1. The minimum atomic E-state index is -0.699. The summed E-state index contributed by atoms with van der Waals surface area (Å²) in [7, 11) is 1.90. The monoisotopic (exact) mass is 541 g/mol. The Hall–Kier alpha value is -3.70. The summed E-state index contributed by atoms with van der Waals surface area (Å²) in [5.41, 5.74) is 0.754. The second kappa shape index (κ2) is 10.5. The van der Waals surface area contributed by atoms with Gasteiger partial charge in [-0.15, -0.1) is 0 Å². The average molecular weight is 542 g/mol. The molecule has 2 aliphatic rings. The van der Waals surface area contributed by atoms with Crippen LogP contribution >= 0.6 is 0 Å². The number of nitrogens with one attached hydrogen (secondary N) is 1. The normalized spacial score (nSPS) is 21.8. The second-order valence-electron chi connectivity index (χ2n) is 12.3. The molecule has 0 radical (unpaired) electrons. The SMILES string of the molecule is CC(=O)[C@@H]1CC[C@H](c2cc(NC(=O)OC(C)(C)C)n3ncc(C4C=NN(C)C4)c3n2)CN1C(=O)OC(C)(C)C. The highest BCUT2D eigenvalue weighted by Gasteiger charge is 2.38. The molecular formula is C27H39N7O5. The van der Waals surface area contributed by atoms with Crippen LogP contribution in [0.25, 0.3) is 5.65 Å². The zero-order valence-corrected chi connectivity index (χ0v) is 24.0. The van der Waals surface area contributed by atoms with Crippen LogP contribution in [-0.2, 0) is 14.3 Å². The quantitative estimate of drug-likeness (QED) is 0.610. The van der Waals surface area contributed by atoms with Gasteiger partial charge in [-0.1, -0.05) is 0 Å². The molecule has 2 aromatic rings. The summed E-state index contributed by atoms with van der Waals surface area (Å²) < 4.78 is 12.7. The Kier molecular flexibility index (Phi) is 7.59. The third-order valence-electron chi connectivity index (χ3n) is 6.55. The highest BCUT2D eigenvalue weighted by molar-refractivity contribution is 5.86. The molecule has 39 heavy (non-hydrogen) atoms. The van der Waals surface area contributed by atoms with Crippen molar-refractivity contribution in [3.8, 4) is 0 Å². The van der Waals surface area contributed by atoms with E-state index in [-0.39, 0.29) is 24.2 Å². The number of ketones is 1. The van der Waals surface area contributed by atoms with E-state index >= 15 is 0 Å². The molecule has 12 nitrogen and oxygen atoms in total. The van der Waals surface area contributed by atoms with Gasteiger partial charge < -0.3 is 9.47 Å². The van der Waals surface area contributed by atoms with E-state index in [9.17, 15) is 14.4 Å². The molecule has 4 heterocycles. The zero-order chi connectivity index (χ0) is 28.7. The molecule has 2 aliphatic heterocycles. The van der Waals surface area contributed by atoms with Crippen molar-refractivity contribution in [2.75, 3.05) is 25.5 Å². The molecule has 3 atom stereocenters. The highest BCUT2D eigenvalue weighted by atomic mass is 16.6. The number of likely N-dealkylation sites (tertiary alicyclic amines) is 1. The van der Waals surface area contributed by atoms with Crippen molar-refractivity contribution >= 4 is 35.6 Å². The van der Waals surface area contributed by atoms with Gasteiger partial charge >= 0.3 is 12.2 Å². The maximum absolute atomic E-state index is 13.1. The van der Waals surface area contributed by atoms with Gasteiger partial charge in [-0.25, -0.2) is 14.6 Å². The molecule has 0 saturated carbocycles. The van der Waals surface area contributed by atoms with E-state index in [1.165, 1.54) is 11.8 Å². The molecule has 2 amide bonds. The molecule has 0 spiro atoms. The van der Waals surface area contributed by atoms with E-state index in [0.717, 1.165) is 5.56 Å². The minimum absolute atomic E-state index is 0.0173. The third kappa shape index (κ3) is 6.66. The van der Waals surface area contributed by atoms with Crippen LogP contribution in [0, 0.1) is 0 Å². The number of hydrogen-bond acceptors (Lipinski definition) is 9. The number of hydrazone groups is 1. The number of rotatable bonds is 4. The van der Waals surface area contributed by atoms with Gasteiger partial charge in [0, 0.05) is 49.8 Å². The van der Waals surface area contributed by atoms with Crippen molar-refractivity contribution in [3.05, 3.63) is 23.5 Å². The van der Waals surface area contributed by atoms with Crippen molar-refractivity contribution in [3.63, 3.8) is 0 Å². The number of hydrogen-bond donors (Lipinski definition) is 1. The van der Waals surface area contributed by atoms with Crippen LogP contribution in [0.3, 0.4) is 0 Å². The fraction of sp³-hybridized carbons (Fsp3) is 0.630. The number of fused-ring (bicyclic) bond motifs is 1. The lowest BCUT2D eigenvalue weighted by Gasteiger charge is -2.39. The summed E-state index contributed by atoms with van der Waals surface area (Å²) in [6.45, 7) is 13.2. The maximum atomic E-state index is 13.1. The van der Waals surface area contributed by atoms with Gasteiger partial charge in [-0.05, 0) is 61.3 Å². The lowest BCUT2D eigenvalue weighted by molar-refractivity contribution is -0.123. The van der Waals surface area contributed by atoms with Crippen molar-refractivity contribution < 1.29 is 23.9 Å². The van der Waals surface area contributed by atoms with Crippen LogP contribution in [0.15, 0.2) is 17.4 Å². The first-order valence-electron chi connectivity index (χ1n) is 13.2. The average Bonchev–Trinajstić information content (AvgIpc) is 3.42. The lowest BCUT2D eigenvalue weighted by atomic mass is 9.89. The summed E-state index contributed by atoms with van der Waals surface area (Å²) in [5.74, 6) is 0.102. The Balaban J connectivity index is 1.73. The van der Waals surface area contributed by atoms with Crippen molar-refractivity contribution in [2.24, 2.45) is 5.10 Å². The molecule has 12 heteroatoms. The van der Waals surface area contributed by atoms with E-state index in [1.54, 1.807) is 58.3 Å². The van der Waals surface area contributed by atoms with Crippen molar-refractivity contribution in [2.45, 2.75) is 90.4 Å². The smallest absolute Gasteiger partial charge is 0.413 e. The molecule has 1 unspecified atom stereocenters. The molecule has 1 fully saturated rings. The fourth-order valence-electron chi connectivity index (χ4n) is 4.88. The molecule has 0 aliphatic carbocycles. The summed E-state index contributed by atoms with van der Waals surface area (Å²) in [4.78, 5) is 44.7. The van der Waals surface area contributed by atoms with Crippen LogP contribution in [0.5, 0.6) is 0 Å². The highest BCUT2D eigenvalue weighted by Crippen LogP contribution is 2.34. The van der Waals surface area contributed by atoms with Crippen LogP contribution in [0.4, 0.5) is 15.4 Å². The Labute approximate surface area is 228 Å². The molecule has 0 aromatic carbocycles. The van der Waals surface area contributed by atoms with Crippen molar-refractivity contribution in [1.29, 1.82) is 0 Å². The number of amides is 2. The Morgan fingerprint density at radius 2 is 1.72 bits per heavy atom.